The van der Waals surface area contributed by atoms with Crippen molar-refractivity contribution in [1.29, 1.82) is 5.26 Å². The fourth-order valence-electron chi connectivity index (χ4n) is 7.82. The third-order valence-electron chi connectivity index (χ3n) is 10.8. The molecule has 0 aliphatic carbocycles. The van der Waals surface area contributed by atoms with Crippen LogP contribution in [-0.4, -0.2) is 70.4 Å². The van der Waals surface area contributed by atoms with Crippen LogP contribution < -0.4 is 4.74 Å². The maximum atomic E-state index is 14.4. The van der Waals surface area contributed by atoms with Gasteiger partial charge in [0, 0.05) is 43.9 Å². The van der Waals surface area contributed by atoms with E-state index in [0.717, 1.165) is 45.0 Å². The van der Waals surface area contributed by atoms with E-state index in [1.807, 2.05) is 61.2 Å². The first-order valence-electron chi connectivity index (χ1n) is 18.2. The lowest BCUT2D eigenvalue weighted by Crippen LogP contribution is -2.22. The number of halogens is 3. The van der Waals surface area contributed by atoms with Gasteiger partial charge in [0.1, 0.15) is 17.3 Å². The highest BCUT2D eigenvalue weighted by Gasteiger charge is 2.35. The number of aliphatic hydroxyl groups excluding tert-OH is 1. The number of likely N-dealkylation sites (tertiary alicyclic amines) is 2. The molecule has 2 fully saturated rings. The number of aliphatic hydroxyl groups is 1. The molecule has 1 aromatic heterocycles. The van der Waals surface area contributed by atoms with E-state index in [0.29, 0.717) is 79.4 Å². The summed E-state index contributed by atoms with van der Waals surface area (Å²) in [5, 5.41) is 29.3. The summed E-state index contributed by atoms with van der Waals surface area (Å²) in [5.41, 5.74) is 6.73. The number of β-amino-alcohol motifs (C(OH)–C–C–N with tert-alkyl or cyclic N) is 1. The van der Waals surface area contributed by atoms with Crippen LogP contribution in [-0.2, 0) is 24.1 Å². The maximum Gasteiger partial charge on any atom is 0.417 e. The van der Waals surface area contributed by atoms with Gasteiger partial charge < -0.3 is 19.4 Å². The number of nitrogens with zero attached hydrogens (tertiary/aromatic N) is 4. The molecule has 0 bridgehead atoms. The van der Waals surface area contributed by atoms with E-state index in [2.05, 4.69) is 11.0 Å². The second-order valence-electron chi connectivity index (χ2n) is 14.4. The Balaban J connectivity index is 1.18. The molecule has 0 spiro atoms. The van der Waals surface area contributed by atoms with Gasteiger partial charge in [-0.15, -0.1) is 0 Å². The third-order valence-corrected chi connectivity index (χ3v) is 10.8. The molecule has 2 atom stereocenters. The van der Waals surface area contributed by atoms with Gasteiger partial charge in [0.2, 0.25) is 5.89 Å². The van der Waals surface area contributed by atoms with Crippen molar-refractivity contribution in [3.8, 4) is 34.4 Å². The van der Waals surface area contributed by atoms with Gasteiger partial charge in [0.05, 0.1) is 30.3 Å². The van der Waals surface area contributed by atoms with Crippen molar-refractivity contribution in [2.75, 3.05) is 33.3 Å². The molecule has 0 amide bonds. The molecule has 4 aromatic carbocycles. The molecule has 55 heavy (non-hydrogen) atoms. The SMILES string of the molecule is COc1cc(/C=C/c2cccc(-c3cccc(-c4nc5cc(CN6CC[C@H](C(=O)O)C6)cc(C#N)c5o4)c3C)c2C)c(C(F)(F)F)cc1CN1CC[C@@H](O)C1. The fraction of sp³-hybridized carbons (Fsp3) is 0.326. The van der Waals surface area contributed by atoms with Crippen molar-refractivity contribution in [3.63, 3.8) is 0 Å². The van der Waals surface area contributed by atoms with Gasteiger partial charge in [-0.25, -0.2) is 4.98 Å². The molecule has 7 rings (SSSR count). The van der Waals surface area contributed by atoms with Crippen LogP contribution in [0.3, 0.4) is 0 Å². The number of aromatic nitrogens is 1. The Morgan fingerprint density at radius 1 is 0.964 bits per heavy atom. The first-order chi connectivity index (χ1) is 26.3. The average molecular weight is 751 g/mol. The van der Waals surface area contributed by atoms with Crippen LogP contribution in [0.15, 0.2) is 65.1 Å². The van der Waals surface area contributed by atoms with Gasteiger partial charge in [-0.3, -0.25) is 14.6 Å². The number of nitriles is 1. The van der Waals surface area contributed by atoms with Gasteiger partial charge in [-0.1, -0.05) is 42.5 Å². The number of aliphatic carboxylic acids is 1. The number of hydrogen-bond acceptors (Lipinski definition) is 8. The lowest BCUT2D eigenvalue weighted by Gasteiger charge is -2.20. The van der Waals surface area contributed by atoms with Gasteiger partial charge in [-0.05, 0) is 103 Å². The van der Waals surface area contributed by atoms with Crippen molar-refractivity contribution in [1.82, 2.24) is 14.8 Å². The van der Waals surface area contributed by atoms with Crippen LogP contribution in [0.5, 0.6) is 5.75 Å². The monoisotopic (exact) mass is 750 g/mol. The number of carboxylic acids is 1. The zero-order valence-corrected chi connectivity index (χ0v) is 30.8. The zero-order chi connectivity index (χ0) is 39.0. The van der Waals surface area contributed by atoms with E-state index in [-0.39, 0.29) is 12.1 Å². The van der Waals surface area contributed by atoms with Gasteiger partial charge in [-0.2, -0.15) is 18.4 Å². The first kappa shape index (κ1) is 37.8. The number of benzene rings is 4. The van der Waals surface area contributed by atoms with Gasteiger partial charge in [0.25, 0.3) is 0 Å². The van der Waals surface area contributed by atoms with Crippen LogP contribution in [0, 0.1) is 31.1 Å². The molecular weight excluding hydrogens is 709 g/mol. The first-order valence-corrected chi connectivity index (χ1v) is 18.2. The van der Waals surface area contributed by atoms with E-state index in [4.69, 9.17) is 14.1 Å². The minimum Gasteiger partial charge on any atom is -0.496 e. The summed E-state index contributed by atoms with van der Waals surface area (Å²) in [4.78, 5) is 20.2. The van der Waals surface area contributed by atoms with Crippen molar-refractivity contribution in [3.05, 3.63) is 105 Å². The number of carbonyl (C=O) groups is 1. The van der Waals surface area contributed by atoms with Crippen LogP contribution in [0.25, 0.3) is 45.8 Å². The molecule has 2 N–H and O–H groups in total. The van der Waals surface area contributed by atoms with Gasteiger partial charge in [0.15, 0.2) is 5.58 Å². The largest absolute Gasteiger partial charge is 0.496 e. The minimum atomic E-state index is -4.60. The van der Waals surface area contributed by atoms with Crippen molar-refractivity contribution >= 4 is 29.2 Å². The fourth-order valence-corrected chi connectivity index (χ4v) is 7.82. The van der Waals surface area contributed by atoms with Gasteiger partial charge >= 0.3 is 12.1 Å². The topological polar surface area (TPSA) is 123 Å². The summed E-state index contributed by atoms with van der Waals surface area (Å²) in [7, 11) is 1.44. The predicted octanol–water partition coefficient (Wildman–Crippen LogP) is 8.32. The van der Waals surface area contributed by atoms with E-state index >= 15 is 0 Å². The third kappa shape index (κ3) is 7.87. The minimum absolute atomic E-state index is 0.0155. The van der Waals surface area contributed by atoms with E-state index in [9.17, 15) is 33.4 Å². The lowest BCUT2D eigenvalue weighted by molar-refractivity contribution is -0.141. The van der Waals surface area contributed by atoms with Crippen LogP contribution in [0.2, 0.25) is 0 Å². The Morgan fingerprint density at radius 3 is 2.33 bits per heavy atom. The highest BCUT2D eigenvalue weighted by molar-refractivity contribution is 5.86. The molecule has 12 heteroatoms. The predicted molar refractivity (Wildman–Crippen MR) is 203 cm³/mol. The molecule has 0 saturated carbocycles. The average Bonchev–Trinajstić information content (AvgIpc) is 3.91. The summed E-state index contributed by atoms with van der Waals surface area (Å²) in [5.74, 6) is -0.503. The number of alkyl halides is 3. The summed E-state index contributed by atoms with van der Waals surface area (Å²) in [6.45, 7) is 6.73. The number of oxazole rings is 1. The molecule has 5 aromatic rings. The Hall–Kier alpha value is -5.48. The molecule has 2 aliphatic heterocycles. The number of ether oxygens (including phenoxy) is 1. The van der Waals surface area contributed by atoms with Crippen molar-refractivity contribution in [2.45, 2.75) is 52.1 Å². The summed E-state index contributed by atoms with van der Waals surface area (Å²) in [6.07, 6.45) is -0.768. The van der Waals surface area contributed by atoms with E-state index in [1.54, 1.807) is 12.1 Å². The second kappa shape index (κ2) is 15.3. The molecule has 0 unspecified atom stereocenters. The Bertz CT molecular complexity index is 2340. The molecule has 2 aliphatic rings. The Labute approximate surface area is 316 Å². The summed E-state index contributed by atoms with van der Waals surface area (Å²) in [6, 6.07) is 19.9. The summed E-state index contributed by atoms with van der Waals surface area (Å²) >= 11 is 0. The standard InChI is InChI=1S/C43H41F3N4O5/c1-25-28(10-11-29-19-39(54-3)32(18-37(29)43(44,45)46)23-50-15-13-33(51)24-50)6-4-7-34(25)35-8-5-9-36(26(35)2)41-48-38-17-27(16-31(20-47)40(38)55-41)21-49-14-12-30(22-49)42(52)53/h4-11,16-19,30,33,51H,12-15,21-24H2,1-3H3,(H,52,53)/b11-10+/t30-,33+/m0/s1. The highest BCUT2D eigenvalue weighted by Crippen LogP contribution is 2.39. The molecule has 2 saturated heterocycles. The lowest BCUT2D eigenvalue weighted by atomic mass is 9.91. The number of fused-ring (bicyclic) bond motifs is 1. The molecule has 0 radical (unpaired) electrons. The van der Waals surface area contributed by atoms with Crippen LogP contribution in [0.4, 0.5) is 13.2 Å². The number of rotatable bonds is 10. The second-order valence-corrected chi connectivity index (χ2v) is 14.4. The normalized spacial score (nSPS) is 18.1. The summed E-state index contributed by atoms with van der Waals surface area (Å²) < 4.78 is 55.0. The molecule has 9 nitrogen and oxygen atoms in total. The smallest absolute Gasteiger partial charge is 0.417 e. The highest BCUT2D eigenvalue weighted by atomic mass is 19.4. The van der Waals surface area contributed by atoms with E-state index in [1.165, 1.54) is 19.3 Å². The molecule has 3 heterocycles. The molecular formula is C43H41F3N4O5. The number of carboxylic acid groups (broad SMARTS) is 1. The van der Waals surface area contributed by atoms with Crippen molar-refractivity contribution < 1.29 is 37.3 Å². The molecule has 284 valence electrons. The van der Waals surface area contributed by atoms with Crippen molar-refractivity contribution in [2.24, 2.45) is 5.92 Å². The Kier molecular flexibility index (Phi) is 10.5. The zero-order valence-electron chi connectivity index (χ0n) is 30.8. The maximum absolute atomic E-state index is 14.4. The number of methoxy groups -OCH3 is 1. The quantitative estimate of drug-likeness (QED) is 0.136. The van der Waals surface area contributed by atoms with Crippen LogP contribution in [0.1, 0.15) is 57.3 Å². The van der Waals surface area contributed by atoms with E-state index < -0.39 is 29.7 Å². The van der Waals surface area contributed by atoms with Crippen LogP contribution >= 0.6 is 0 Å². The number of hydrogen-bond donors (Lipinski definition) is 2. The Morgan fingerprint density at radius 2 is 1.65 bits per heavy atom.